The van der Waals surface area contributed by atoms with E-state index in [1.54, 1.807) is 12.1 Å². The second kappa shape index (κ2) is 7.97. The lowest BCUT2D eigenvalue weighted by Gasteiger charge is -2.15. The smallest absolute Gasteiger partial charge is 0.267 e. The molecular weight excluding hydrogens is 350 g/mol. The summed E-state index contributed by atoms with van der Waals surface area (Å²) in [6, 6.07) is 9.20. The minimum Gasteiger partial charge on any atom is -0.268 e. The summed E-state index contributed by atoms with van der Waals surface area (Å²) in [5.74, 6) is 0. The van der Waals surface area contributed by atoms with E-state index < -0.39 is 10.0 Å². The van der Waals surface area contributed by atoms with E-state index in [-0.39, 0.29) is 18.6 Å². The molecule has 0 aliphatic heterocycles. The second-order valence-electron chi connectivity index (χ2n) is 6.54. The number of aromatic nitrogens is 2. The van der Waals surface area contributed by atoms with Gasteiger partial charge in [0.05, 0.1) is 12.2 Å². The highest BCUT2D eigenvalue weighted by Gasteiger charge is 2.13. The topological polar surface area (TPSA) is 81.1 Å². The number of nitrogens with one attached hydrogen (secondary N) is 1. The van der Waals surface area contributed by atoms with Gasteiger partial charge < -0.3 is 0 Å². The van der Waals surface area contributed by atoms with Gasteiger partial charge in [0.25, 0.3) is 5.56 Å². The molecule has 26 heavy (non-hydrogen) atoms. The average molecular weight is 373 g/mol. The van der Waals surface area contributed by atoms with Crippen molar-refractivity contribution in [1.82, 2.24) is 14.5 Å². The summed E-state index contributed by atoms with van der Waals surface area (Å²) in [5, 5.41) is 5.53. The van der Waals surface area contributed by atoms with E-state index in [0.29, 0.717) is 0 Å². The van der Waals surface area contributed by atoms with E-state index in [1.165, 1.54) is 4.68 Å². The van der Waals surface area contributed by atoms with Gasteiger partial charge in [0.2, 0.25) is 10.0 Å². The van der Waals surface area contributed by atoms with Crippen molar-refractivity contribution in [3.8, 4) is 0 Å². The van der Waals surface area contributed by atoms with Gasteiger partial charge in [-0.1, -0.05) is 29.8 Å². The monoisotopic (exact) mass is 373 g/mol. The van der Waals surface area contributed by atoms with Crippen LogP contribution in [0.2, 0.25) is 0 Å². The van der Waals surface area contributed by atoms with Gasteiger partial charge >= 0.3 is 0 Å². The van der Waals surface area contributed by atoms with Crippen molar-refractivity contribution < 1.29 is 8.42 Å². The summed E-state index contributed by atoms with van der Waals surface area (Å²) in [5.41, 5.74) is 3.73. The van der Waals surface area contributed by atoms with Crippen LogP contribution in [0, 0.1) is 6.92 Å². The Morgan fingerprint density at radius 1 is 1.19 bits per heavy atom. The molecule has 1 aromatic carbocycles. The summed E-state index contributed by atoms with van der Waals surface area (Å²) in [4.78, 5) is 12.1. The number of benzene rings is 1. The molecule has 0 amide bonds. The Labute approximate surface area is 153 Å². The van der Waals surface area contributed by atoms with Gasteiger partial charge in [-0.3, -0.25) is 4.79 Å². The zero-order chi connectivity index (χ0) is 18.6. The summed E-state index contributed by atoms with van der Waals surface area (Å²) in [7, 11) is -3.56. The molecule has 1 N–H and O–H groups in total. The summed E-state index contributed by atoms with van der Waals surface area (Å²) >= 11 is 0. The van der Waals surface area contributed by atoms with Crippen molar-refractivity contribution in [1.29, 1.82) is 0 Å². The third-order valence-electron chi connectivity index (χ3n) is 4.42. The Morgan fingerprint density at radius 3 is 2.69 bits per heavy atom. The Morgan fingerprint density at radius 2 is 1.92 bits per heavy atom. The third kappa shape index (κ3) is 4.89. The van der Waals surface area contributed by atoms with Crippen LogP contribution in [-0.2, 0) is 29.4 Å². The normalized spacial score (nSPS) is 14.5. The van der Waals surface area contributed by atoms with Crippen LogP contribution in [0.1, 0.15) is 35.2 Å². The van der Waals surface area contributed by atoms with Crippen LogP contribution in [0.3, 0.4) is 0 Å². The van der Waals surface area contributed by atoms with Gasteiger partial charge in [-0.2, -0.15) is 5.10 Å². The standard InChI is InChI=1S/C19H23N3O3S/c1-15-6-8-16(9-7-15)10-13-26(24,25)20-11-12-22-19(23)14-17-4-2-3-5-18(17)21-22/h6-10,13-14,20H,2-5,11-12H2,1H3/b13-10+. The Bertz CT molecular complexity index is 961. The molecule has 1 aromatic heterocycles. The Balaban J connectivity index is 1.60. The second-order valence-corrected chi connectivity index (χ2v) is 8.19. The number of nitrogens with zero attached hydrogens (tertiary/aromatic N) is 2. The minimum absolute atomic E-state index is 0.117. The summed E-state index contributed by atoms with van der Waals surface area (Å²) in [6.07, 6.45) is 5.49. The minimum atomic E-state index is -3.56. The maximum atomic E-state index is 12.1. The molecule has 2 aromatic rings. The van der Waals surface area contributed by atoms with Crippen LogP contribution in [0.25, 0.3) is 6.08 Å². The molecule has 6 nitrogen and oxygen atoms in total. The van der Waals surface area contributed by atoms with Gasteiger partial charge in [-0.25, -0.2) is 17.8 Å². The van der Waals surface area contributed by atoms with Crippen molar-refractivity contribution in [2.45, 2.75) is 39.2 Å². The average Bonchev–Trinajstić information content (AvgIpc) is 2.61. The van der Waals surface area contributed by atoms with Gasteiger partial charge in [0.15, 0.2) is 0 Å². The molecule has 0 bridgehead atoms. The molecule has 0 atom stereocenters. The van der Waals surface area contributed by atoms with Crippen molar-refractivity contribution in [3.05, 3.63) is 68.5 Å². The highest BCUT2D eigenvalue weighted by atomic mass is 32.2. The molecule has 0 saturated carbocycles. The number of fused-ring (bicyclic) bond motifs is 1. The molecule has 3 rings (SSSR count). The fraction of sp³-hybridized carbons (Fsp3) is 0.368. The van der Waals surface area contributed by atoms with Gasteiger partial charge in [-0.15, -0.1) is 0 Å². The number of hydrogen-bond acceptors (Lipinski definition) is 4. The van der Waals surface area contributed by atoms with Gasteiger partial charge in [0, 0.05) is 18.0 Å². The zero-order valence-corrected chi connectivity index (χ0v) is 15.6. The molecule has 0 spiro atoms. The zero-order valence-electron chi connectivity index (χ0n) is 14.8. The Hall–Kier alpha value is -2.25. The molecular formula is C19H23N3O3S. The molecule has 0 fully saturated rings. The first kappa shape index (κ1) is 18.5. The van der Waals surface area contributed by atoms with E-state index >= 15 is 0 Å². The van der Waals surface area contributed by atoms with Crippen molar-refractivity contribution in [3.63, 3.8) is 0 Å². The van der Waals surface area contributed by atoms with Crippen molar-refractivity contribution in [2.24, 2.45) is 0 Å². The lowest BCUT2D eigenvalue weighted by molar-refractivity contribution is 0.528. The highest BCUT2D eigenvalue weighted by Crippen LogP contribution is 2.16. The largest absolute Gasteiger partial charge is 0.268 e. The van der Waals surface area contributed by atoms with E-state index in [2.05, 4.69) is 9.82 Å². The van der Waals surface area contributed by atoms with E-state index in [1.807, 2.05) is 31.2 Å². The van der Waals surface area contributed by atoms with Crippen LogP contribution in [0.15, 0.2) is 40.5 Å². The quantitative estimate of drug-likeness (QED) is 0.840. The van der Waals surface area contributed by atoms with Gasteiger partial charge in [0.1, 0.15) is 0 Å². The molecule has 0 saturated heterocycles. The summed E-state index contributed by atoms with van der Waals surface area (Å²) < 4.78 is 28.0. The lowest BCUT2D eigenvalue weighted by atomic mass is 9.97. The number of hydrogen-bond donors (Lipinski definition) is 1. The highest BCUT2D eigenvalue weighted by molar-refractivity contribution is 7.92. The fourth-order valence-corrected chi connectivity index (χ4v) is 3.76. The molecule has 1 aliphatic rings. The first-order valence-corrected chi connectivity index (χ1v) is 10.3. The van der Waals surface area contributed by atoms with Crippen molar-refractivity contribution >= 4 is 16.1 Å². The SMILES string of the molecule is Cc1ccc(/C=C/S(=O)(=O)NCCn2nc3c(cc2=O)CCCC3)cc1. The molecule has 7 heteroatoms. The van der Waals surface area contributed by atoms with Crippen molar-refractivity contribution in [2.75, 3.05) is 6.54 Å². The molecule has 0 radical (unpaired) electrons. The number of aryl methyl sites for hydroxylation is 3. The maximum absolute atomic E-state index is 12.1. The molecule has 1 aliphatic carbocycles. The van der Waals surface area contributed by atoms with Crippen LogP contribution < -0.4 is 10.3 Å². The lowest BCUT2D eigenvalue weighted by Crippen LogP contribution is -2.32. The predicted octanol–water partition coefficient (Wildman–Crippen LogP) is 2.02. The van der Waals surface area contributed by atoms with Crippen LogP contribution in [-0.4, -0.2) is 24.7 Å². The molecule has 0 unspecified atom stereocenters. The first-order valence-electron chi connectivity index (χ1n) is 8.77. The number of rotatable bonds is 6. The van der Waals surface area contributed by atoms with Crippen LogP contribution >= 0.6 is 0 Å². The first-order chi connectivity index (χ1) is 12.4. The third-order valence-corrected chi connectivity index (χ3v) is 5.52. The van der Waals surface area contributed by atoms with E-state index in [4.69, 9.17) is 0 Å². The van der Waals surface area contributed by atoms with E-state index in [0.717, 1.165) is 53.5 Å². The predicted molar refractivity (Wildman–Crippen MR) is 102 cm³/mol. The fourth-order valence-electron chi connectivity index (χ4n) is 2.95. The summed E-state index contributed by atoms with van der Waals surface area (Å²) in [6.45, 7) is 2.30. The van der Waals surface area contributed by atoms with Gasteiger partial charge in [-0.05, 0) is 49.8 Å². The maximum Gasteiger partial charge on any atom is 0.267 e. The van der Waals surface area contributed by atoms with Crippen LogP contribution in [0.5, 0.6) is 0 Å². The Kier molecular flexibility index (Phi) is 5.68. The van der Waals surface area contributed by atoms with E-state index in [9.17, 15) is 13.2 Å². The molecule has 138 valence electrons. The molecule has 1 heterocycles. The van der Waals surface area contributed by atoms with Crippen LogP contribution in [0.4, 0.5) is 0 Å². The number of sulfonamides is 1.